The van der Waals surface area contributed by atoms with E-state index in [0.717, 1.165) is 16.9 Å². The molecule has 0 aromatic carbocycles. The quantitative estimate of drug-likeness (QED) is 0.596. The molecule has 0 aliphatic rings. The van der Waals surface area contributed by atoms with Gasteiger partial charge in [-0.3, -0.25) is 14.3 Å². The zero-order valence-electron chi connectivity index (χ0n) is 9.53. The van der Waals surface area contributed by atoms with Crippen LogP contribution in [0.5, 0.6) is 0 Å². The minimum atomic E-state index is -4.55. The molecule has 0 N–H and O–H groups in total. The molecule has 0 aliphatic heterocycles. The Hall–Kier alpha value is -1.86. The Kier molecular flexibility index (Phi) is 4.46. The van der Waals surface area contributed by atoms with Crippen LogP contribution in [0.25, 0.3) is 0 Å². The topological polar surface area (TPSA) is 61.2 Å². The van der Waals surface area contributed by atoms with E-state index in [1.807, 2.05) is 0 Å². The first kappa shape index (κ1) is 14.2. The van der Waals surface area contributed by atoms with E-state index in [4.69, 9.17) is 0 Å². The zero-order valence-corrected chi connectivity index (χ0v) is 9.53. The molecule has 18 heavy (non-hydrogen) atoms. The molecule has 0 amide bonds. The highest BCUT2D eigenvalue weighted by atomic mass is 19.4. The van der Waals surface area contributed by atoms with Crippen molar-refractivity contribution in [3.8, 4) is 0 Å². The number of carbonyl (C=O) groups is 2. The molecule has 0 fully saturated rings. The van der Waals surface area contributed by atoms with Crippen LogP contribution >= 0.6 is 0 Å². The van der Waals surface area contributed by atoms with Crippen LogP contribution in [0.3, 0.4) is 0 Å². The van der Waals surface area contributed by atoms with Gasteiger partial charge >= 0.3 is 12.1 Å². The van der Waals surface area contributed by atoms with E-state index in [1.165, 1.54) is 0 Å². The van der Waals surface area contributed by atoms with Crippen molar-refractivity contribution in [2.45, 2.75) is 26.1 Å². The van der Waals surface area contributed by atoms with Gasteiger partial charge in [0.05, 0.1) is 6.61 Å². The van der Waals surface area contributed by atoms with Crippen LogP contribution in [0.1, 0.15) is 19.0 Å². The smallest absolute Gasteiger partial charge is 0.435 e. The van der Waals surface area contributed by atoms with Crippen molar-refractivity contribution in [3.05, 3.63) is 18.0 Å². The Morgan fingerprint density at radius 1 is 1.44 bits per heavy atom. The number of esters is 1. The molecule has 0 bridgehead atoms. The fourth-order valence-corrected chi connectivity index (χ4v) is 1.21. The number of ketones is 1. The Morgan fingerprint density at radius 2 is 2.11 bits per heavy atom. The van der Waals surface area contributed by atoms with Gasteiger partial charge in [0.15, 0.2) is 11.5 Å². The lowest BCUT2D eigenvalue weighted by Gasteiger charge is -2.03. The number of ether oxygens (including phenoxy) is 1. The van der Waals surface area contributed by atoms with Crippen LogP contribution in [0, 0.1) is 0 Å². The minimum absolute atomic E-state index is 0.145. The van der Waals surface area contributed by atoms with Gasteiger partial charge in [0.25, 0.3) is 0 Å². The molecule has 100 valence electrons. The average molecular weight is 264 g/mol. The Morgan fingerprint density at radius 3 is 2.61 bits per heavy atom. The van der Waals surface area contributed by atoms with Gasteiger partial charge < -0.3 is 4.74 Å². The average Bonchev–Trinajstić information content (AvgIpc) is 2.65. The summed E-state index contributed by atoms with van der Waals surface area (Å²) in [5.41, 5.74) is -1.08. The number of Topliss-reactive ketones (excluding diaryl/α,β-unsaturated/α-hetero) is 1. The molecule has 0 saturated heterocycles. The summed E-state index contributed by atoms with van der Waals surface area (Å²) in [4.78, 5) is 22.3. The summed E-state index contributed by atoms with van der Waals surface area (Å²) < 4.78 is 42.0. The molecular formula is C10H11F3N2O3. The van der Waals surface area contributed by atoms with Crippen molar-refractivity contribution in [1.82, 2.24) is 9.78 Å². The van der Waals surface area contributed by atoms with Crippen LogP contribution in [-0.2, 0) is 27.0 Å². The molecular weight excluding hydrogens is 253 g/mol. The van der Waals surface area contributed by atoms with Gasteiger partial charge in [-0.05, 0) is 13.0 Å². The Labute approximate surface area is 101 Å². The number of hydrogen-bond acceptors (Lipinski definition) is 4. The van der Waals surface area contributed by atoms with Crippen molar-refractivity contribution >= 4 is 11.8 Å². The number of aromatic nitrogens is 2. The lowest BCUT2D eigenvalue weighted by atomic mass is 10.3. The SMILES string of the molecule is CCOC(=O)CC(=O)Cn1ccc(C(F)(F)F)n1. The predicted octanol–water partition coefficient (Wildman–Crippen LogP) is 1.42. The molecule has 1 aromatic heterocycles. The minimum Gasteiger partial charge on any atom is -0.466 e. The number of nitrogens with zero attached hydrogens (tertiary/aromatic N) is 2. The summed E-state index contributed by atoms with van der Waals surface area (Å²) in [5.74, 6) is -1.27. The maximum atomic E-state index is 12.2. The molecule has 8 heteroatoms. The van der Waals surface area contributed by atoms with E-state index in [1.54, 1.807) is 6.92 Å². The highest BCUT2D eigenvalue weighted by Crippen LogP contribution is 2.27. The third-order valence-corrected chi connectivity index (χ3v) is 1.92. The molecule has 0 atom stereocenters. The molecule has 1 heterocycles. The number of halogens is 3. The van der Waals surface area contributed by atoms with E-state index < -0.39 is 36.6 Å². The Balaban J connectivity index is 2.55. The highest BCUT2D eigenvalue weighted by Gasteiger charge is 2.33. The van der Waals surface area contributed by atoms with Crippen molar-refractivity contribution in [2.24, 2.45) is 0 Å². The van der Waals surface area contributed by atoms with Crippen LogP contribution in [-0.4, -0.2) is 28.1 Å². The van der Waals surface area contributed by atoms with Crippen molar-refractivity contribution in [3.63, 3.8) is 0 Å². The van der Waals surface area contributed by atoms with Crippen molar-refractivity contribution < 1.29 is 27.5 Å². The summed E-state index contributed by atoms with van der Waals surface area (Å²) in [7, 11) is 0. The summed E-state index contributed by atoms with van der Waals surface area (Å²) in [5, 5.41) is 3.19. The second-order valence-corrected chi connectivity index (χ2v) is 3.42. The standard InChI is InChI=1S/C10H11F3N2O3/c1-2-18-9(17)5-7(16)6-15-4-3-8(14-15)10(11,12)13/h3-4H,2,5-6H2,1H3. The van der Waals surface area contributed by atoms with Crippen LogP contribution < -0.4 is 0 Å². The summed E-state index contributed by atoms with van der Waals surface area (Å²) in [6.45, 7) is 1.34. The summed E-state index contributed by atoms with van der Waals surface area (Å²) in [6, 6.07) is 0.762. The van der Waals surface area contributed by atoms with Gasteiger partial charge in [0.1, 0.15) is 13.0 Å². The monoisotopic (exact) mass is 264 g/mol. The molecule has 0 unspecified atom stereocenters. The van der Waals surface area contributed by atoms with Crippen LogP contribution in [0.4, 0.5) is 13.2 Å². The van der Waals surface area contributed by atoms with E-state index in [0.29, 0.717) is 0 Å². The fraction of sp³-hybridized carbons (Fsp3) is 0.500. The number of rotatable bonds is 5. The van der Waals surface area contributed by atoms with Crippen molar-refractivity contribution in [1.29, 1.82) is 0 Å². The van der Waals surface area contributed by atoms with E-state index in [2.05, 4.69) is 9.84 Å². The first-order chi connectivity index (χ1) is 8.32. The zero-order chi connectivity index (χ0) is 13.8. The molecule has 0 saturated carbocycles. The molecule has 0 aliphatic carbocycles. The van der Waals surface area contributed by atoms with Crippen LogP contribution in [0.15, 0.2) is 12.3 Å². The maximum Gasteiger partial charge on any atom is 0.435 e. The van der Waals surface area contributed by atoms with Gasteiger partial charge in [0, 0.05) is 6.20 Å². The number of alkyl halides is 3. The van der Waals surface area contributed by atoms with E-state index >= 15 is 0 Å². The van der Waals surface area contributed by atoms with Crippen molar-refractivity contribution in [2.75, 3.05) is 6.61 Å². The number of hydrogen-bond donors (Lipinski definition) is 0. The number of carbonyl (C=O) groups excluding carboxylic acids is 2. The van der Waals surface area contributed by atoms with Gasteiger partial charge in [-0.2, -0.15) is 18.3 Å². The molecule has 1 rings (SSSR count). The Bertz CT molecular complexity index is 440. The first-order valence-electron chi connectivity index (χ1n) is 5.11. The normalized spacial score (nSPS) is 11.3. The predicted molar refractivity (Wildman–Crippen MR) is 53.5 cm³/mol. The van der Waals surface area contributed by atoms with Gasteiger partial charge in [-0.25, -0.2) is 0 Å². The second kappa shape index (κ2) is 5.65. The lowest BCUT2D eigenvalue weighted by Crippen LogP contribution is -2.17. The molecule has 5 nitrogen and oxygen atoms in total. The third kappa shape index (κ3) is 4.19. The van der Waals surface area contributed by atoms with Crippen LogP contribution in [0.2, 0.25) is 0 Å². The van der Waals surface area contributed by atoms with E-state index in [-0.39, 0.29) is 6.61 Å². The van der Waals surface area contributed by atoms with Gasteiger partial charge in [-0.15, -0.1) is 0 Å². The third-order valence-electron chi connectivity index (χ3n) is 1.92. The maximum absolute atomic E-state index is 12.2. The fourth-order valence-electron chi connectivity index (χ4n) is 1.21. The van der Waals surface area contributed by atoms with E-state index in [9.17, 15) is 22.8 Å². The lowest BCUT2D eigenvalue weighted by molar-refractivity contribution is -0.146. The van der Waals surface area contributed by atoms with Gasteiger partial charge in [0.2, 0.25) is 0 Å². The second-order valence-electron chi connectivity index (χ2n) is 3.42. The molecule has 0 spiro atoms. The van der Waals surface area contributed by atoms with Gasteiger partial charge in [-0.1, -0.05) is 0 Å². The molecule has 1 aromatic rings. The molecule has 0 radical (unpaired) electrons. The largest absolute Gasteiger partial charge is 0.466 e. The summed E-state index contributed by atoms with van der Waals surface area (Å²) >= 11 is 0. The summed E-state index contributed by atoms with van der Waals surface area (Å²) in [6.07, 6.45) is -3.99. The highest BCUT2D eigenvalue weighted by molar-refractivity contribution is 5.95. The first-order valence-corrected chi connectivity index (χ1v) is 5.11.